The summed E-state index contributed by atoms with van der Waals surface area (Å²) in [6.45, 7) is 5.81. The predicted molar refractivity (Wildman–Crippen MR) is 73.3 cm³/mol. The fraction of sp³-hybridized carbons (Fsp3) is 0.857. The number of hydrogen-bond acceptors (Lipinski definition) is 4. The van der Waals surface area contributed by atoms with Crippen molar-refractivity contribution in [2.24, 2.45) is 0 Å². The van der Waals surface area contributed by atoms with E-state index >= 15 is 0 Å². The normalized spacial score (nSPS) is 26.8. The van der Waals surface area contributed by atoms with Crippen LogP contribution in [-0.4, -0.2) is 42.4 Å². The molecule has 0 radical (unpaired) electrons. The van der Waals surface area contributed by atoms with Crippen LogP contribution < -0.4 is 10.6 Å². The SMILES string of the molecule is CC(C)(C)OC(=O)NC1CC[C@@H](C(=O)NC2CC2)OC1. The highest BCUT2D eigenvalue weighted by Gasteiger charge is 2.32. The molecule has 20 heavy (non-hydrogen) atoms. The zero-order chi connectivity index (χ0) is 14.8. The zero-order valence-electron chi connectivity index (χ0n) is 12.4. The van der Waals surface area contributed by atoms with Gasteiger partial charge in [0, 0.05) is 6.04 Å². The molecule has 2 N–H and O–H groups in total. The van der Waals surface area contributed by atoms with Gasteiger partial charge in [-0.15, -0.1) is 0 Å². The van der Waals surface area contributed by atoms with Crippen LogP contribution >= 0.6 is 0 Å². The molecule has 2 aliphatic rings. The van der Waals surface area contributed by atoms with Gasteiger partial charge in [-0.2, -0.15) is 0 Å². The first-order valence-electron chi connectivity index (χ1n) is 7.25. The summed E-state index contributed by atoms with van der Waals surface area (Å²) in [5.74, 6) is -0.0248. The highest BCUT2D eigenvalue weighted by molar-refractivity contribution is 5.81. The van der Waals surface area contributed by atoms with E-state index in [1.165, 1.54) is 0 Å². The van der Waals surface area contributed by atoms with E-state index < -0.39 is 11.7 Å². The fourth-order valence-corrected chi connectivity index (χ4v) is 2.07. The molecule has 2 atom stereocenters. The Bertz CT molecular complexity index is 366. The average Bonchev–Trinajstić information content (AvgIpc) is 3.11. The van der Waals surface area contributed by atoms with Crippen molar-refractivity contribution in [1.82, 2.24) is 10.6 Å². The molecule has 0 aromatic carbocycles. The van der Waals surface area contributed by atoms with Crippen molar-refractivity contribution in [3.8, 4) is 0 Å². The molecule has 114 valence electrons. The van der Waals surface area contributed by atoms with E-state index in [9.17, 15) is 9.59 Å². The summed E-state index contributed by atoms with van der Waals surface area (Å²) in [6.07, 6.45) is 2.67. The Labute approximate surface area is 119 Å². The standard InChI is InChI=1S/C14H24N2O4/c1-14(2,3)20-13(18)16-10-6-7-11(19-8-10)12(17)15-9-4-5-9/h9-11H,4-8H2,1-3H3,(H,15,17)(H,16,18)/t10?,11-/m0/s1. The molecule has 1 saturated carbocycles. The van der Waals surface area contributed by atoms with Gasteiger partial charge in [0.2, 0.25) is 5.91 Å². The highest BCUT2D eigenvalue weighted by Crippen LogP contribution is 2.21. The van der Waals surface area contributed by atoms with Gasteiger partial charge in [-0.25, -0.2) is 4.79 Å². The minimum absolute atomic E-state index is 0.0248. The summed E-state index contributed by atoms with van der Waals surface area (Å²) in [7, 11) is 0. The third-order valence-electron chi connectivity index (χ3n) is 3.21. The molecule has 6 nitrogen and oxygen atoms in total. The molecule has 1 saturated heterocycles. The van der Waals surface area contributed by atoms with Crippen LogP contribution in [0.3, 0.4) is 0 Å². The summed E-state index contributed by atoms with van der Waals surface area (Å²) in [6, 6.07) is 0.263. The van der Waals surface area contributed by atoms with Crippen LogP contribution in [0.1, 0.15) is 46.5 Å². The minimum atomic E-state index is -0.508. The van der Waals surface area contributed by atoms with Gasteiger partial charge in [0.15, 0.2) is 0 Å². The monoisotopic (exact) mass is 284 g/mol. The van der Waals surface area contributed by atoms with E-state index in [4.69, 9.17) is 9.47 Å². The first-order chi connectivity index (χ1) is 9.33. The van der Waals surface area contributed by atoms with Crippen LogP contribution in [0.2, 0.25) is 0 Å². The van der Waals surface area contributed by atoms with Gasteiger partial charge < -0.3 is 20.1 Å². The molecular weight excluding hydrogens is 260 g/mol. The van der Waals surface area contributed by atoms with E-state index in [1.54, 1.807) is 0 Å². The molecule has 2 rings (SSSR count). The maximum atomic E-state index is 11.8. The van der Waals surface area contributed by atoms with Crippen LogP contribution in [0.15, 0.2) is 0 Å². The van der Waals surface area contributed by atoms with Crippen molar-refractivity contribution in [3.63, 3.8) is 0 Å². The highest BCUT2D eigenvalue weighted by atomic mass is 16.6. The number of carbonyl (C=O) groups excluding carboxylic acids is 2. The first-order valence-corrected chi connectivity index (χ1v) is 7.25. The minimum Gasteiger partial charge on any atom is -0.444 e. The smallest absolute Gasteiger partial charge is 0.407 e. The Balaban J connectivity index is 1.68. The Kier molecular flexibility index (Phi) is 4.52. The van der Waals surface area contributed by atoms with Crippen molar-refractivity contribution < 1.29 is 19.1 Å². The van der Waals surface area contributed by atoms with Crippen LogP contribution in [0.4, 0.5) is 4.79 Å². The molecule has 0 aromatic rings. The van der Waals surface area contributed by atoms with Gasteiger partial charge in [0.1, 0.15) is 11.7 Å². The number of rotatable bonds is 3. The van der Waals surface area contributed by atoms with E-state index in [0.717, 1.165) is 19.3 Å². The van der Waals surface area contributed by atoms with Gasteiger partial charge >= 0.3 is 6.09 Å². The maximum Gasteiger partial charge on any atom is 0.407 e. The molecule has 1 aliphatic carbocycles. The fourth-order valence-electron chi connectivity index (χ4n) is 2.07. The largest absolute Gasteiger partial charge is 0.444 e. The van der Waals surface area contributed by atoms with E-state index in [0.29, 0.717) is 19.1 Å². The Morgan fingerprint density at radius 1 is 1.05 bits per heavy atom. The van der Waals surface area contributed by atoms with Crippen molar-refractivity contribution in [3.05, 3.63) is 0 Å². The summed E-state index contributed by atoms with van der Waals surface area (Å²) < 4.78 is 10.7. The second kappa shape index (κ2) is 5.99. The van der Waals surface area contributed by atoms with Gasteiger partial charge in [0.25, 0.3) is 0 Å². The number of alkyl carbamates (subject to hydrolysis) is 1. The number of carbonyl (C=O) groups is 2. The molecule has 0 bridgehead atoms. The second-order valence-electron chi connectivity index (χ2n) is 6.53. The topological polar surface area (TPSA) is 76.7 Å². The predicted octanol–water partition coefficient (Wildman–Crippen LogP) is 1.34. The molecular formula is C14H24N2O4. The lowest BCUT2D eigenvalue weighted by molar-refractivity contribution is -0.136. The van der Waals surface area contributed by atoms with Gasteiger partial charge in [-0.05, 0) is 46.5 Å². The average molecular weight is 284 g/mol. The summed E-state index contributed by atoms with van der Waals surface area (Å²) in [4.78, 5) is 23.4. The van der Waals surface area contributed by atoms with E-state index in [1.807, 2.05) is 20.8 Å². The van der Waals surface area contributed by atoms with Crippen LogP contribution in [0, 0.1) is 0 Å². The molecule has 1 heterocycles. The molecule has 0 aromatic heterocycles. The quantitative estimate of drug-likeness (QED) is 0.820. The lowest BCUT2D eigenvalue weighted by atomic mass is 10.0. The number of ether oxygens (including phenoxy) is 2. The Morgan fingerprint density at radius 2 is 1.70 bits per heavy atom. The third kappa shape index (κ3) is 5.00. The Morgan fingerprint density at radius 3 is 2.20 bits per heavy atom. The summed E-state index contributed by atoms with van der Waals surface area (Å²) >= 11 is 0. The van der Waals surface area contributed by atoms with Crippen molar-refractivity contribution >= 4 is 12.0 Å². The van der Waals surface area contributed by atoms with Crippen molar-refractivity contribution in [2.45, 2.75) is 70.2 Å². The van der Waals surface area contributed by atoms with E-state index in [-0.39, 0.29) is 18.1 Å². The van der Waals surface area contributed by atoms with Crippen molar-refractivity contribution in [1.29, 1.82) is 0 Å². The first kappa shape index (κ1) is 15.1. The Hall–Kier alpha value is -1.30. The molecule has 0 spiro atoms. The lowest BCUT2D eigenvalue weighted by Gasteiger charge is -2.29. The van der Waals surface area contributed by atoms with Crippen molar-refractivity contribution in [2.75, 3.05) is 6.61 Å². The molecule has 1 unspecified atom stereocenters. The summed E-state index contributed by atoms with van der Waals surface area (Å²) in [5, 5.41) is 5.70. The molecule has 2 amide bonds. The van der Waals surface area contributed by atoms with Gasteiger partial charge in [-0.1, -0.05) is 0 Å². The summed E-state index contributed by atoms with van der Waals surface area (Å²) in [5.41, 5.74) is -0.508. The number of nitrogens with one attached hydrogen (secondary N) is 2. The van der Waals surface area contributed by atoms with Gasteiger partial charge in [0.05, 0.1) is 12.6 Å². The van der Waals surface area contributed by atoms with Crippen LogP contribution in [-0.2, 0) is 14.3 Å². The number of amides is 2. The van der Waals surface area contributed by atoms with Crippen LogP contribution in [0.5, 0.6) is 0 Å². The third-order valence-corrected chi connectivity index (χ3v) is 3.21. The lowest BCUT2D eigenvalue weighted by Crippen LogP contribution is -2.48. The van der Waals surface area contributed by atoms with Gasteiger partial charge in [-0.3, -0.25) is 4.79 Å². The molecule has 1 aliphatic heterocycles. The van der Waals surface area contributed by atoms with E-state index in [2.05, 4.69) is 10.6 Å². The number of hydrogen-bond donors (Lipinski definition) is 2. The zero-order valence-corrected chi connectivity index (χ0v) is 12.4. The molecule has 2 fully saturated rings. The van der Waals surface area contributed by atoms with Crippen LogP contribution in [0.25, 0.3) is 0 Å². The second-order valence-corrected chi connectivity index (χ2v) is 6.53. The molecule has 6 heteroatoms. The maximum absolute atomic E-state index is 11.8.